The van der Waals surface area contributed by atoms with E-state index >= 15 is 0 Å². The number of carbonyl (C=O) groups excluding carboxylic acids is 1. The number of pyridine rings is 1. The summed E-state index contributed by atoms with van der Waals surface area (Å²) in [5.74, 6) is 1.05. The van der Waals surface area contributed by atoms with Crippen LogP contribution in [0.1, 0.15) is 58.6 Å². The number of nitrogens with zero attached hydrogens (tertiary/aromatic N) is 2. The molecule has 0 bridgehead atoms. The summed E-state index contributed by atoms with van der Waals surface area (Å²) >= 11 is 0. The molecule has 1 aliphatic heterocycles. The number of carbonyl (C=O) groups is 1. The van der Waals surface area contributed by atoms with Crippen molar-refractivity contribution in [3.8, 4) is 0 Å². The zero-order valence-corrected chi connectivity index (χ0v) is 17.2. The third-order valence-corrected chi connectivity index (χ3v) is 6.75. The van der Waals surface area contributed by atoms with E-state index in [1.165, 1.54) is 0 Å². The highest BCUT2D eigenvalue weighted by Crippen LogP contribution is 2.34. The van der Waals surface area contributed by atoms with Crippen LogP contribution in [0.15, 0.2) is 24.4 Å². The van der Waals surface area contributed by atoms with Gasteiger partial charge in [0.15, 0.2) is 0 Å². The van der Waals surface area contributed by atoms with Gasteiger partial charge in [0.05, 0.1) is 22.1 Å². The van der Waals surface area contributed by atoms with Gasteiger partial charge in [-0.2, -0.15) is 0 Å². The van der Waals surface area contributed by atoms with E-state index in [0.29, 0.717) is 25.4 Å². The summed E-state index contributed by atoms with van der Waals surface area (Å²) in [5, 5.41) is 3.15. The van der Waals surface area contributed by atoms with Crippen LogP contribution in [0.2, 0.25) is 0 Å². The van der Waals surface area contributed by atoms with Gasteiger partial charge in [0, 0.05) is 37.5 Å². The standard InChI is InChI=1S/C18H27N3O2S.C2H6/c1-2-11-24(23)21-13-18(14-21,16-9-5-6-10-19-16)12-20-17(22)15-7-3-4-8-15;1-2/h5-6,9-10,15H,2-4,7-8,11-14H2,1H3,(H,20,22);1-2H3. The minimum absolute atomic E-state index is 0.177. The van der Waals surface area contributed by atoms with Crippen LogP contribution >= 0.6 is 0 Å². The minimum atomic E-state index is -0.922. The number of rotatable bonds is 7. The maximum absolute atomic E-state index is 12.4. The Morgan fingerprint density at radius 1 is 1.31 bits per heavy atom. The number of aromatic nitrogens is 1. The largest absolute Gasteiger partial charge is 0.355 e. The highest BCUT2D eigenvalue weighted by Gasteiger charge is 2.47. The van der Waals surface area contributed by atoms with E-state index in [1.807, 2.05) is 43.3 Å². The molecular weight excluding hydrogens is 346 g/mol. The zero-order chi connectivity index (χ0) is 19.0. The molecule has 0 spiro atoms. The fourth-order valence-electron chi connectivity index (χ4n) is 3.71. The van der Waals surface area contributed by atoms with E-state index in [1.54, 1.807) is 6.20 Å². The summed E-state index contributed by atoms with van der Waals surface area (Å²) < 4.78 is 14.2. The topological polar surface area (TPSA) is 62.3 Å². The molecule has 2 heterocycles. The van der Waals surface area contributed by atoms with Gasteiger partial charge < -0.3 is 5.32 Å². The lowest BCUT2D eigenvalue weighted by Crippen LogP contribution is -2.64. The Balaban J connectivity index is 0.00000117. The van der Waals surface area contributed by atoms with Crippen molar-refractivity contribution >= 4 is 16.9 Å². The van der Waals surface area contributed by atoms with Crippen molar-refractivity contribution in [2.75, 3.05) is 25.4 Å². The van der Waals surface area contributed by atoms with E-state index in [-0.39, 0.29) is 17.2 Å². The summed E-state index contributed by atoms with van der Waals surface area (Å²) in [6.45, 7) is 8.02. The van der Waals surface area contributed by atoms with Crippen LogP contribution in [0, 0.1) is 5.92 Å². The SMILES string of the molecule is CC.CCCS(=O)N1CC(CNC(=O)C2CCCC2)(c2ccccn2)C1. The second kappa shape index (κ2) is 10.2. The lowest BCUT2D eigenvalue weighted by molar-refractivity contribution is -0.125. The molecule has 1 N–H and O–H groups in total. The van der Waals surface area contributed by atoms with Crippen LogP contribution in [0.25, 0.3) is 0 Å². The Kier molecular flexibility index (Phi) is 8.22. The minimum Gasteiger partial charge on any atom is -0.355 e. The fourth-order valence-corrected chi connectivity index (χ4v) is 5.10. The molecular formula is C20H33N3O2S. The molecule has 2 aliphatic rings. The first kappa shape index (κ1) is 21.0. The average molecular weight is 380 g/mol. The second-order valence-corrected chi connectivity index (χ2v) is 8.59. The number of nitrogens with one attached hydrogen (secondary N) is 1. The highest BCUT2D eigenvalue weighted by molar-refractivity contribution is 7.82. The molecule has 1 aliphatic carbocycles. The maximum atomic E-state index is 12.4. The Morgan fingerprint density at radius 2 is 2.00 bits per heavy atom. The maximum Gasteiger partial charge on any atom is 0.223 e. The van der Waals surface area contributed by atoms with Crippen LogP contribution in [0.5, 0.6) is 0 Å². The predicted octanol–water partition coefficient (Wildman–Crippen LogP) is 3.04. The molecule has 146 valence electrons. The molecule has 5 nitrogen and oxygen atoms in total. The Morgan fingerprint density at radius 3 is 2.58 bits per heavy atom. The van der Waals surface area contributed by atoms with Crippen LogP contribution < -0.4 is 5.32 Å². The van der Waals surface area contributed by atoms with Gasteiger partial charge in [0.25, 0.3) is 0 Å². The molecule has 1 unspecified atom stereocenters. The van der Waals surface area contributed by atoms with Crippen LogP contribution in [0.4, 0.5) is 0 Å². The van der Waals surface area contributed by atoms with Crippen molar-refractivity contribution in [2.24, 2.45) is 5.92 Å². The average Bonchev–Trinajstić information content (AvgIpc) is 3.18. The molecule has 1 amide bonds. The molecule has 1 atom stereocenters. The van der Waals surface area contributed by atoms with E-state index < -0.39 is 11.0 Å². The van der Waals surface area contributed by atoms with Crippen molar-refractivity contribution in [2.45, 2.75) is 58.3 Å². The summed E-state index contributed by atoms with van der Waals surface area (Å²) in [5.41, 5.74) is 0.778. The third-order valence-electron chi connectivity index (χ3n) is 5.16. The van der Waals surface area contributed by atoms with Crippen molar-refractivity contribution in [3.63, 3.8) is 0 Å². The first-order valence-electron chi connectivity index (χ1n) is 9.97. The van der Waals surface area contributed by atoms with Gasteiger partial charge in [-0.1, -0.05) is 39.7 Å². The van der Waals surface area contributed by atoms with Gasteiger partial charge in [-0.05, 0) is 31.4 Å². The van der Waals surface area contributed by atoms with Gasteiger partial charge in [0.2, 0.25) is 5.91 Å². The predicted molar refractivity (Wildman–Crippen MR) is 107 cm³/mol. The molecule has 3 rings (SSSR count). The van der Waals surface area contributed by atoms with Crippen molar-refractivity contribution in [3.05, 3.63) is 30.1 Å². The van der Waals surface area contributed by atoms with Gasteiger partial charge in [-0.15, -0.1) is 0 Å². The molecule has 6 heteroatoms. The normalized spacial score (nSPS) is 20.6. The van der Waals surface area contributed by atoms with E-state index in [9.17, 15) is 9.00 Å². The molecule has 0 aromatic carbocycles. The summed E-state index contributed by atoms with van der Waals surface area (Å²) in [7, 11) is -0.922. The highest BCUT2D eigenvalue weighted by atomic mass is 32.2. The lowest BCUT2D eigenvalue weighted by atomic mass is 9.78. The van der Waals surface area contributed by atoms with Crippen molar-refractivity contribution in [1.29, 1.82) is 0 Å². The molecule has 1 aromatic rings. The Labute approximate surface area is 160 Å². The van der Waals surface area contributed by atoms with E-state index in [2.05, 4.69) is 10.3 Å². The van der Waals surface area contributed by atoms with Gasteiger partial charge >= 0.3 is 0 Å². The van der Waals surface area contributed by atoms with Gasteiger partial charge in [0.1, 0.15) is 0 Å². The van der Waals surface area contributed by atoms with Crippen molar-refractivity contribution in [1.82, 2.24) is 14.6 Å². The Hall–Kier alpha value is -1.27. The number of amides is 1. The lowest BCUT2D eigenvalue weighted by Gasteiger charge is -2.48. The number of hydrogen-bond acceptors (Lipinski definition) is 3. The molecule has 0 radical (unpaired) electrons. The fraction of sp³-hybridized carbons (Fsp3) is 0.700. The molecule has 1 saturated carbocycles. The zero-order valence-electron chi connectivity index (χ0n) is 16.4. The smallest absolute Gasteiger partial charge is 0.223 e. The van der Waals surface area contributed by atoms with Crippen LogP contribution in [-0.4, -0.2) is 44.8 Å². The van der Waals surface area contributed by atoms with Crippen molar-refractivity contribution < 1.29 is 9.00 Å². The Bertz CT molecular complexity index is 582. The first-order chi connectivity index (χ1) is 12.6. The van der Waals surface area contributed by atoms with E-state index in [4.69, 9.17) is 0 Å². The summed E-state index contributed by atoms with van der Waals surface area (Å²) in [6.07, 6.45) is 7.05. The molecule has 26 heavy (non-hydrogen) atoms. The molecule has 1 saturated heterocycles. The van der Waals surface area contributed by atoms with Gasteiger partial charge in [-0.25, -0.2) is 8.51 Å². The van der Waals surface area contributed by atoms with Crippen LogP contribution in [0.3, 0.4) is 0 Å². The summed E-state index contributed by atoms with van der Waals surface area (Å²) in [4.78, 5) is 16.9. The molecule has 2 fully saturated rings. The third kappa shape index (κ3) is 4.92. The summed E-state index contributed by atoms with van der Waals surface area (Å²) in [6, 6.07) is 5.90. The monoisotopic (exact) mass is 379 g/mol. The molecule has 1 aromatic heterocycles. The second-order valence-electron chi connectivity index (χ2n) is 7.02. The quantitative estimate of drug-likeness (QED) is 0.792. The van der Waals surface area contributed by atoms with Crippen LogP contribution in [-0.2, 0) is 21.2 Å². The first-order valence-corrected chi connectivity index (χ1v) is 11.2. The number of hydrogen-bond donors (Lipinski definition) is 1. The van der Waals surface area contributed by atoms with Gasteiger partial charge in [-0.3, -0.25) is 9.78 Å². The van der Waals surface area contributed by atoms with E-state index in [0.717, 1.165) is 37.8 Å².